The molecular weight excluding hydrogens is 258 g/mol. The van der Waals surface area contributed by atoms with Gasteiger partial charge >= 0.3 is 0 Å². The number of carbonyl (C=O) groups excluding carboxylic acids is 1. The molecule has 0 spiro atoms. The highest BCUT2D eigenvalue weighted by molar-refractivity contribution is 5.76. The average molecular weight is 275 g/mol. The number of carbonyl (C=O) groups is 1. The molecule has 6 heteroatoms. The Morgan fingerprint density at radius 1 is 1.40 bits per heavy atom. The summed E-state index contributed by atoms with van der Waals surface area (Å²) in [6, 6.07) is 3.88. The normalized spacial score (nSPS) is 15.6. The predicted molar refractivity (Wildman–Crippen MR) is 70.7 cm³/mol. The fourth-order valence-electron chi connectivity index (χ4n) is 2.45. The zero-order valence-electron chi connectivity index (χ0n) is 11.2. The van der Waals surface area contributed by atoms with E-state index in [4.69, 9.17) is 8.94 Å². The third-order valence-corrected chi connectivity index (χ3v) is 3.50. The summed E-state index contributed by atoms with van der Waals surface area (Å²) in [6.07, 6.45) is 6.98. The molecule has 1 amide bonds. The molecule has 1 aliphatic carbocycles. The predicted octanol–water partition coefficient (Wildman–Crippen LogP) is 2.32. The van der Waals surface area contributed by atoms with Crippen LogP contribution < -0.4 is 5.32 Å². The molecule has 0 aliphatic heterocycles. The number of furan rings is 1. The van der Waals surface area contributed by atoms with Gasteiger partial charge in [0.25, 0.3) is 0 Å². The van der Waals surface area contributed by atoms with E-state index in [0.717, 1.165) is 12.8 Å². The van der Waals surface area contributed by atoms with Crippen molar-refractivity contribution in [3.8, 4) is 11.6 Å². The quantitative estimate of drug-likeness (QED) is 0.905. The molecular formula is C14H17N3O3. The molecule has 0 saturated heterocycles. The molecule has 1 saturated carbocycles. The Morgan fingerprint density at radius 3 is 3.00 bits per heavy atom. The van der Waals surface area contributed by atoms with Gasteiger partial charge in [0, 0.05) is 18.9 Å². The first-order valence-electron chi connectivity index (χ1n) is 6.97. The van der Waals surface area contributed by atoms with E-state index in [1.807, 2.05) is 0 Å². The van der Waals surface area contributed by atoms with Crippen LogP contribution in [-0.4, -0.2) is 22.1 Å². The van der Waals surface area contributed by atoms with E-state index in [1.54, 1.807) is 18.4 Å². The van der Waals surface area contributed by atoms with Gasteiger partial charge in [0.2, 0.25) is 17.6 Å². The van der Waals surface area contributed by atoms with E-state index in [1.165, 1.54) is 12.8 Å². The van der Waals surface area contributed by atoms with Crippen molar-refractivity contribution in [2.75, 3.05) is 0 Å². The molecule has 1 N–H and O–H groups in total. The lowest BCUT2D eigenvalue weighted by Gasteiger charge is -2.10. The summed E-state index contributed by atoms with van der Waals surface area (Å²) in [6.45, 7) is 0. The molecule has 106 valence electrons. The van der Waals surface area contributed by atoms with Gasteiger partial charge in [-0.05, 0) is 25.0 Å². The Bertz CT molecular complexity index is 556. The van der Waals surface area contributed by atoms with E-state index in [-0.39, 0.29) is 5.91 Å². The second kappa shape index (κ2) is 5.90. The highest BCUT2D eigenvalue weighted by Crippen LogP contribution is 2.18. The number of amides is 1. The van der Waals surface area contributed by atoms with E-state index >= 15 is 0 Å². The molecule has 1 aliphatic rings. The van der Waals surface area contributed by atoms with Crippen LogP contribution in [0.15, 0.2) is 27.3 Å². The summed E-state index contributed by atoms with van der Waals surface area (Å²) >= 11 is 0. The van der Waals surface area contributed by atoms with Crippen molar-refractivity contribution in [2.24, 2.45) is 0 Å². The summed E-state index contributed by atoms with van der Waals surface area (Å²) < 4.78 is 10.3. The van der Waals surface area contributed by atoms with Gasteiger partial charge in [-0.25, -0.2) is 0 Å². The molecule has 2 aromatic rings. The minimum Gasteiger partial charge on any atom is -0.461 e. The van der Waals surface area contributed by atoms with Crippen LogP contribution in [0.3, 0.4) is 0 Å². The van der Waals surface area contributed by atoms with Gasteiger partial charge in [0.15, 0.2) is 5.76 Å². The smallest absolute Gasteiger partial charge is 0.238 e. The van der Waals surface area contributed by atoms with E-state index < -0.39 is 0 Å². The molecule has 0 radical (unpaired) electrons. The lowest BCUT2D eigenvalue weighted by atomic mass is 10.2. The first kappa shape index (κ1) is 12.9. The Labute approximate surface area is 116 Å². The monoisotopic (exact) mass is 275 g/mol. The second-order valence-corrected chi connectivity index (χ2v) is 5.04. The van der Waals surface area contributed by atoms with Gasteiger partial charge in [0.1, 0.15) is 0 Å². The minimum atomic E-state index is 0.0506. The van der Waals surface area contributed by atoms with Crippen LogP contribution in [0.25, 0.3) is 11.6 Å². The molecule has 2 aromatic heterocycles. The highest BCUT2D eigenvalue weighted by atomic mass is 16.5. The molecule has 0 unspecified atom stereocenters. The van der Waals surface area contributed by atoms with Crippen molar-refractivity contribution < 1.29 is 13.7 Å². The lowest BCUT2D eigenvalue weighted by molar-refractivity contribution is -0.121. The van der Waals surface area contributed by atoms with Crippen LogP contribution in [0.5, 0.6) is 0 Å². The number of nitrogens with zero attached hydrogens (tertiary/aromatic N) is 2. The van der Waals surface area contributed by atoms with Crippen molar-refractivity contribution >= 4 is 5.91 Å². The van der Waals surface area contributed by atoms with E-state index in [2.05, 4.69) is 15.5 Å². The summed E-state index contributed by atoms with van der Waals surface area (Å²) in [7, 11) is 0. The number of hydrogen-bond donors (Lipinski definition) is 1. The number of aryl methyl sites for hydroxylation is 1. The number of hydrogen-bond acceptors (Lipinski definition) is 5. The molecule has 20 heavy (non-hydrogen) atoms. The number of aromatic nitrogens is 2. The Balaban J connectivity index is 1.49. The van der Waals surface area contributed by atoms with Gasteiger partial charge in [-0.1, -0.05) is 18.0 Å². The van der Waals surface area contributed by atoms with Crippen LogP contribution in [0.1, 0.15) is 38.0 Å². The van der Waals surface area contributed by atoms with Gasteiger partial charge in [-0.3, -0.25) is 4.79 Å². The topological polar surface area (TPSA) is 81.2 Å². The van der Waals surface area contributed by atoms with Crippen LogP contribution >= 0.6 is 0 Å². The van der Waals surface area contributed by atoms with E-state index in [9.17, 15) is 4.79 Å². The maximum absolute atomic E-state index is 11.8. The van der Waals surface area contributed by atoms with Crippen molar-refractivity contribution in [1.82, 2.24) is 15.5 Å². The molecule has 3 rings (SSSR count). The number of rotatable bonds is 5. The molecule has 6 nitrogen and oxygen atoms in total. The zero-order valence-corrected chi connectivity index (χ0v) is 11.2. The molecule has 0 atom stereocenters. The third-order valence-electron chi connectivity index (χ3n) is 3.50. The van der Waals surface area contributed by atoms with Gasteiger partial charge in [-0.2, -0.15) is 4.98 Å². The summed E-state index contributed by atoms with van der Waals surface area (Å²) in [5.74, 6) is 1.49. The first-order valence-corrected chi connectivity index (χ1v) is 6.97. The van der Waals surface area contributed by atoms with Crippen LogP contribution in [0.2, 0.25) is 0 Å². The van der Waals surface area contributed by atoms with Crippen molar-refractivity contribution in [3.63, 3.8) is 0 Å². The van der Waals surface area contributed by atoms with Crippen molar-refractivity contribution in [3.05, 3.63) is 24.3 Å². The van der Waals surface area contributed by atoms with Crippen molar-refractivity contribution in [1.29, 1.82) is 0 Å². The maximum atomic E-state index is 11.8. The zero-order chi connectivity index (χ0) is 13.8. The fourth-order valence-corrected chi connectivity index (χ4v) is 2.45. The Kier molecular flexibility index (Phi) is 3.80. The second-order valence-electron chi connectivity index (χ2n) is 5.04. The van der Waals surface area contributed by atoms with Crippen molar-refractivity contribution in [2.45, 2.75) is 44.6 Å². The standard InChI is InChI=1S/C14H17N3O3/c18-12(15-10-4-1-2-5-10)7-8-13-16-14(17-20-13)11-6-3-9-19-11/h3,6,9-10H,1-2,4-5,7-8H2,(H,15,18). The summed E-state index contributed by atoms with van der Waals surface area (Å²) in [5, 5.41) is 6.86. The van der Waals surface area contributed by atoms with Gasteiger partial charge in [0.05, 0.1) is 6.26 Å². The Morgan fingerprint density at radius 2 is 2.25 bits per heavy atom. The Hall–Kier alpha value is -2.11. The molecule has 2 heterocycles. The van der Waals surface area contributed by atoms with E-state index in [0.29, 0.717) is 36.4 Å². The lowest BCUT2D eigenvalue weighted by Crippen LogP contribution is -2.32. The largest absolute Gasteiger partial charge is 0.461 e. The highest BCUT2D eigenvalue weighted by Gasteiger charge is 2.18. The third kappa shape index (κ3) is 3.07. The van der Waals surface area contributed by atoms with Crippen LogP contribution in [-0.2, 0) is 11.2 Å². The summed E-state index contributed by atoms with van der Waals surface area (Å²) in [5.41, 5.74) is 0. The maximum Gasteiger partial charge on any atom is 0.238 e. The first-order chi connectivity index (χ1) is 9.81. The van der Waals surface area contributed by atoms with Crippen LogP contribution in [0, 0.1) is 0 Å². The SMILES string of the molecule is O=C(CCc1nc(-c2ccco2)no1)NC1CCCC1. The number of nitrogens with one attached hydrogen (secondary N) is 1. The minimum absolute atomic E-state index is 0.0506. The van der Waals surface area contributed by atoms with Crippen LogP contribution in [0.4, 0.5) is 0 Å². The summed E-state index contributed by atoms with van der Waals surface area (Å²) in [4.78, 5) is 16.0. The average Bonchev–Trinajstić information content (AvgIpc) is 3.18. The van der Waals surface area contributed by atoms with Gasteiger partial charge in [-0.15, -0.1) is 0 Å². The molecule has 1 fully saturated rings. The fraction of sp³-hybridized carbons (Fsp3) is 0.500. The van der Waals surface area contributed by atoms with Gasteiger partial charge < -0.3 is 14.3 Å². The molecule has 0 aromatic carbocycles. The molecule has 0 bridgehead atoms.